The summed E-state index contributed by atoms with van der Waals surface area (Å²) in [6.07, 6.45) is 5.23. The topological polar surface area (TPSA) is 32.5 Å². The van der Waals surface area contributed by atoms with Crippen LogP contribution in [0.1, 0.15) is 32.6 Å². The molecule has 2 aliphatic rings. The van der Waals surface area contributed by atoms with E-state index in [4.69, 9.17) is 5.73 Å². The molecule has 3 nitrogen and oxygen atoms in total. The minimum Gasteiger partial charge on any atom is -0.329 e. The SMILES string of the molecule is CCC1CCN(C2(CN)CCN(C)CC2)C1. The molecule has 0 amide bonds. The molecule has 2 N–H and O–H groups in total. The quantitative estimate of drug-likeness (QED) is 0.782. The molecule has 2 fully saturated rings. The smallest absolute Gasteiger partial charge is 0.0356 e. The summed E-state index contributed by atoms with van der Waals surface area (Å²) in [5.74, 6) is 0.920. The van der Waals surface area contributed by atoms with Crippen LogP contribution in [0.25, 0.3) is 0 Å². The number of nitrogens with two attached hydrogens (primary N) is 1. The maximum Gasteiger partial charge on any atom is 0.0356 e. The maximum atomic E-state index is 6.09. The molecule has 0 aromatic rings. The first-order valence-corrected chi connectivity index (χ1v) is 6.84. The van der Waals surface area contributed by atoms with E-state index in [1.54, 1.807) is 0 Å². The summed E-state index contributed by atoms with van der Waals surface area (Å²) in [5.41, 5.74) is 6.42. The van der Waals surface area contributed by atoms with E-state index in [-0.39, 0.29) is 0 Å². The Balaban J connectivity index is 1.99. The summed E-state index contributed by atoms with van der Waals surface area (Å²) < 4.78 is 0. The number of hydrogen-bond acceptors (Lipinski definition) is 3. The maximum absolute atomic E-state index is 6.09. The highest BCUT2D eigenvalue weighted by atomic mass is 15.3. The standard InChI is InChI=1S/C13H27N3/c1-3-12-4-7-16(10-12)13(11-14)5-8-15(2)9-6-13/h12H,3-11,14H2,1-2H3. The first-order valence-electron chi connectivity index (χ1n) is 6.84. The van der Waals surface area contributed by atoms with Gasteiger partial charge in [0.15, 0.2) is 0 Å². The van der Waals surface area contributed by atoms with Crippen LogP contribution in [-0.2, 0) is 0 Å². The Morgan fingerprint density at radius 2 is 1.94 bits per heavy atom. The number of piperidine rings is 1. The van der Waals surface area contributed by atoms with E-state index in [0.29, 0.717) is 5.54 Å². The van der Waals surface area contributed by atoms with Crippen LogP contribution in [0.4, 0.5) is 0 Å². The van der Waals surface area contributed by atoms with Gasteiger partial charge in [0.1, 0.15) is 0 Å². The zero-order valence-electron chi connectivity index (χ0n) is 10.9. The number of nitrogens with zero attached hydrogens (tertiary/aromatic N) is 2. The second kappa shape index (κ2) is 5.03. The van der Waals surface area contributed by atoms with E-state index in [1.165, 1.54) is 51.9 Å². The van der Waals surface area contributed by atoms with E-state index >= 15 is 0 Å². The van der Waals surface area contributed by atoms with Gasteiger partial charge in [-0.2, -0.15) is 0 Å². The molecule has 2 aliphatic heterocycles. The molecule has 0 bridgehead atoms. The Kier molecular flexibility index (Phi) is 3.88. The monoisotopic (exact) mass is 225 g/mol. The molecule has 0 saturated carbocycles. The minimum absolute atomic E-state index is 0.330. The highest BCUT2D eigenvalue weighted by Gasteiger charge is 2.40. The molecule has 0 radical (unpaired) electrons. The molecule has 0 spiro atoms. The largest absolute Gasteiger partial charge is 0.329 e. The number of hydrogen-bond donors (Lipinski definition) is 1. The van der Waals surface area contributed by atoms with Crippen molar-refractivity contribution in [2.75, 3.05) is 39.8 Å². The summed E-state index contributed by atoms with van der Waals surface area (Å²) in [4.78, 5) is 5.13. The Bertz CT molecular complexity index is 221. The summed E-state index contributed by atoms with van der Waals surface area (Å²) in [7, 11) is 2.22. The zero-order chi connectivity index (χ0) is 11.6. The first kappa shape index (κ1) is 12.3. The van der Waals surface area contributed by atoms with Crippen molar-refractivity contribution >= 4 is 0 Å². The summed E-state index contributed by atoms with van der Waals surface area (Å²) in [6.45, 7) is 8.15. The van der Waals surface area contributed by atoms with Crippen molar-refractivity contribution < 1.29 is 0 Å². The lowest BCUT2D eigenvalue weighted by Gasteiger charge is -2.46. The second-order valence-electron chi connectivity index (χ2n) is 5.74. The average Bonchev–Trinajstić information content (AvgIpc) is 2.80. The molecular weight excluding hydrogens is 198 g/mol. The van der Waals surface area contributed by atoms with Crippen LogP contribution in [0.15, 0.2) is 0 Å². The molecule has 0 aliphatic carbocycles. The number of rotatable bonds is 3. The van der Waals surface area contributed by atoms with Crippen LogP contribution in [0.2, 0.25) is 0 Å². The molecule has 3 heteroatoms. The van der Waals surface area contributed by atoms with Gasteiger partial charge in [-0.15, -0.1) is 0 Å². The normalized spacial score (nSPS) is 32.1. The van der Waals surface area contributed by atoms with Crippen molar-refractivity contribution in [3.05, 3.63) is 0 Å². The lowest BCUT2D eigenvalue weighted by atomic mass is 9.86. The lowest BCUT2D eigenvalue weighted by molar-refractivity contribution is 0.0494. The van der Waals surface area contributed by atoms with Crippen molar-refractivity contribution in [2.45, 2.75) is 38.1 Å². The van der Waals surface area contributed by atoms with E-state index < -0.39 is 0 Å². The molecular formula is C13H27N3. The third-order valence-corrected chi connectivity index (χ3v) is 4.83. The second-order valence-corrected chi connectivity index (χ2v) is 5.74. The molecule has 2 rings (SSSR count). The fourth-order valence-electron chi connectivity index (χ4n) is 3.28. The Morgan fingerprint density at radius 1 is 1.25 bits per heavy atom. The lowest BCUT2D eigenvalue weighted by Crippen LogP contribution is -2.58. The Labute approximate surface area is 100.0 Å². The first-order chi connectivity index (χ1) is 7.70. The molecule has 0 aromatic carbocycles. The predicted molar refractivity (Wildman–Crippen MR) is 68.5 cm³/mol. The van der Waals surface area contributed by atoms with Gasteiger partial charge in [0.25, 0.3) is 0 Å². The van der Waals surface area contributed by atoms with Gasteiger partial charge in [0.05, 0.1) is 0 Å². The fraction of sp³-hybridized carbons (Fsp3) is 1.00. The van der Waals surface area contributed by atoms with E-state index in [0.717, 1.165) is 12.5 Å². The van der Waals surface area contributed by atoms with E-state index in [9.17, 15) is 0 Å². The van der Waals surface area contributed by atoms with Crippen LogP contribution in [-0.4, -0.2) is 55.1 Å². The zero-order valence-corrected chi connectivity index (χ0v) is 10.9. The van der Waals surface area contributed by atoms with Gasteiger partial charge in [0.2, 0.25) is 0 Å². The molecule has 1 unspecified atom stereocenters. The van der Waals surface area contributed by atoms with Gasteiger partial charge < -0.3 is 10.6 Å². The highest BCUT2D eigenvalue weighted by Crippen LogP contribution is 2.33. The third kappa shape index (κ3) is 2.27. The van der Waals surface area contributed by atoms with Crippen LogP contribution in [0.5, 0.6) is 0 Å². The minimum atomic E-state index is 0.330. The van der Waals surface area contributed by atoms with Crippen molar-refractivity contribution in [1.29, 1.82) is 0 Å². The summed E-state index contributed by atoms with van der Waals surface area (Å²) >= 11 is 0. The van der Waals surface area contributed by atoms with Crippen LogP contribution in [0.3, 0.4) is 0 Å². The van der Waals surface area contributed by atoms with Crippen LogP contribution >= 0.6 is 0 Å². The van der Waals surface area contributed by atoms with Crippen molar-refractivity contribution in [1.82, 2.24) is 9.80 Å². The highest BCUT2D eigenvalue weighted by molar-refractivity contribution is 4.98. The van der Waals surface area contributed by atoms with E-state index in [1.807, 2.05) is 0 Å². The van der Waals surface area contributed by atoms with Crippen LogP contribution in [0, 0.1) is 5.92 Å². The molecule has 16 heavy (non-hydrogen) atoms. The van der Waals surface area contributed by atoms with Crippen molar-refractivity contribution in [2.24, 2.45) is 11.7 Å². The fourth-order valence-corrected chi connectivity index (χ4v) is 3.28. The summed E-state index contributed by atoms with van der Waals surface area (Å²) in [6, 6.07) is 0. The molecule has 2 saturated heterocycles. The summed E-state index contributed by atoms with van der Waals surface area (Å²) in [5, 5.41) is 0. The van der Waals surface area contributed by atoms with Gasteiger partial charge in [-0.05, 0) is 51.9 Å². The molecule has 0 aromatic heterocycles. The van der Waals surface area contributed by atoms with Gasteiger partial charge in [-0.1, -0.05) is 13.3 Å². The van der Waals surface area contributed by atoms with Gasteiger partial charge in [-0.25, -0.2) is 0 Å². The molecule has 94 valence electrons. The van der Waals surface area contributed by atoms with Gasteiger partial charge in [-0.3, -0.25) is 4.90 Å². The average molecular weight is 225 g/mol. The van der Waals surface area contributed by atoms with Crippen LogP contribution < -0.4 is 5.73 Å². The van der Waals surface area contributed by atoms with Crippen molar-refractivity contribution in [3.63, 3.8) is 0 Å². The Morgan fingerprint density at radius 3 is 2.44 bits per heavy atom. The van der Waals surface area contributed by atoms with E-state index in [2.05, 4.69) is 23.8 Å². The predicted octanol–water partition coefficient (Wildman–Crippen LogP) is 1.14. The molecule has 1 atom stereocenters. The van der Waals surface area contributed by atoms with Gasteiger partial charge >= 0.3 is 0 Å². The van der Waals surface area contributed by atoms with Gasteiger partial charge in [0, 0.05) is 18.6 Å². The Hall–Kier alpha value is -0.120. The number of likely N-dealkylation sites (tertiary alicyclic amines) is 2. The van der Waals surface area contributed by atoms with Crippen molar-refractivity contribution in [3.8, 4) is 0 Å². The third-order valence-electron chi connectivity index (χ3n) is 4.83. The molecule has 2 heterocycles.